The van der Waals surface area contributed by atoms with Gasteiger partial charge in [-0.3, -0.25) is 0 Å². The molecule has 0 atom stereocenters. The van der Waals surface area contributed by atoms with Crippen molar-refractivity contribution in [1.29, 1.82) is 0 Å². The summed E-state index contributed by atoms with van der Waals surface area (Å²) in [6.07, 6.45) is 4.39. The van der Waals surface area contributed by atoms with Gasteiger partial charge < -0.3 is 5.32 Å². The Bertz CT molecular complexity index is 599. The van der Waals surface area contributed by atoms with Crippen LogP contribution in [0.3, 0.4) is 0 Å². The van der Waals surface area contributed by atoms with Crippen LogP contribution in [0.4, 0.5) is 0 Å². The van der Waals surface area contributed by atoms with E-state index in [1.54, 1.807) is 18.0 Å². The molecule has 0 amide bonds. The lowest BCUT2D eigenvalue weighted by atomic mass is 10.2. The third-order valence-corrected chi connectivity index (χ3v) is 4.87. The lowest BCUT2D eigenvalue weighted by Gasteiger charge is -2.08. The second kappa shape index (κ2) is 6.48. The molecule has 2 aromatic rings. The molecule has 0 spiro atoms. The highest BCUT2D eigenvalue weighted by atomic mass is 79.9. The molecule has 1 aliphatic carbocycles. The van der Waals surface area contributed by atoms with Crippen LogP contribution in [0.5, 0.6) is 0 Å². The zero-order chi connectivity index (χ0) is 13.9. The van der Waals surface area contributed by atoms with Crippen LogP contribution in [-0.2, 0) is 6.54 Å². The molecule has 2 nitrogen and oxygen atoms in total. The quantitative estimate of drug-likeness (QED) is 0.811. The van der Waals surface area contributed by atoms with Crippen LogP contribution in [0.1, 0.15) is 18.4 Å². The third kappa shape index (κ3) is 3.98. The number of nitrogens with one attached hydrogen (secondary N) is 1. The second-order valence-corrected chi connectivity index (χ2v) is 7.24. The van der Waals surface area contributed by atoms with E-state index in [1.165, 1.54) is 12.8 Å². The van der Waals surface area contributed by atoms with Gasteiger partial charge in [0.1, 0.15) is 5.03 Å². The number of nitrogens with zero attached hydrogens (tertiary/aromatic N) is 1. The minimum absolute atomic E-state index is 0.701. The van der Waals surface area contributed by atoms with Gasteiger partial charge in [0, 0.05) is 33.2 Å². The van der Waals surface area contributed by atoms with E-state index >= 15 is 0 Å². The van der Waals surface area contributed by atoms with E-state index in [0.29, 0.717) is 6.04 Å². The van der Waals surface area contributed by atoms with Crippen molar-refractivity contribution in [3.63, 3.8) is 0 Å². The van der Waals surface area contributed by atoms with Crippen LogP contribution in [0.15, 0.2) is 50.9 Å². The van der Waals surface area contributed by atoms with Crippen LogP contribution < -0.4 is 5.32 Å². The van der Waals surface area contributed by atoms with Gasteiger partial charge in [0.2, 0.25) is 0 Å². The van der Waals surface area contributed by atoms with Crippen LogP contribution in [0.25, 0.3) is 0 Å². The number of halogens is 2. The lowest BCUT2D eigenvalue weighted by molar-refractivity contribution is 0.687. The summed E-state index contributed by atoms with van der Waals surface area (Å²) in [5.74, 6) is 0. The van der Waals surface area contributed by atoms with Gasteiger partial charge in [-0.15, -0.1) is 0 Å². The summed E-state index contributed by atoms with van der Waals surface area (Å²) in [6, 6.07) is 10.9. The molecule has 1 fully saturated rings. The Kier molecular flexibility index (Phi) is 4.66. The molecule has 0 bridgehead atoms. The number of pyridine rings is 1. The molecule has 0 radical (unpaired) electrons. The molecule has 3 rings (SSSR count). The summed E-state index contributed by atoms with van der Waals surface area (Å²) in [6.45, 7) is 0.852. The molecular weight excluding hydrogens is 356 g/mol. The van der Waals surface area contributed by atoms with E-state index in [9.17, 15) is 0 Å². The first kappa shape index (κ1) is 14.4. The van der Waals surface area contributed by atoms with E-state index < -0.39 is 0 Å². The highest BCUT2D eigenvalue weighted by Gasteiger charge is 2.20. The third-order valence-electron chi connectivity index (χ3n) is 3.11. The van der Waals surface area contributed by atoms with E-state index in [4.69, 9.17) is 11.6 Å². The molecule has 104 valence electrons. The van der Waals surface area contributed by atoms with Crippen molar-refractivity contribution in [2.24, 2.45) is 0 Å². The van der Waals surface area contributed by atoms with Crippen molar-refractivity contribution in [2.75, 3.05) is 0 Å². The number of benzene rings is 1. The van der Waals surface area contributed by atoms with Crippen LogP contribution in [0.2, 0.25) is 5.02 Å². The Hall–Kier alpha value is -0.550. The molecular formula is C15H14BrClN2S. The topological polar surface area (TPSA) is 24.9 Å². The zero-order valence-electron chi connectivity index (χ0n) is 10.8. The largest absolute Gasteiger partial charge is 0.310 e. The Morgan fingerprint density at radius 2 is 2.15 bits per heavy atom. The maximum atomic E-state index is 6.34. The van der Waals surface area contributed by atoms with Crippen molar-refractivity contribution in [1.82, 2.24) is 10.3 Å². The lowest BCUT2D eigenvalue weighted by Crippen LogP contribution is -2.15. The molecule has 0 aliphatic heterocycles. The van der Waals surface area contributed by atoms with Crippen molar-refractivity contribution >= 4 is 39.3 Å². The van der Waals surface area contributed by atoms with E-state index in [0.717, 1.165) is 31.5 Å². The first-order valence-corrected chi connectivity index (χ1v) is 8.51. The first-order chi connectivity index (χ1) is 9.70. The Balaban J connectivity index is 1.67. The van der Waals surface area contributed by atoms with Crippen LogP contribution in [0, 0.1) is 0 Å². The Morgan fingerprint density at radius 3 is 2.80 bits per heavy atom. The fourth-order valence-corrected chi connectivity index (χ4v) is 3.16. The molecule has 1 aromatic heterocycles. The maximum Gasteiger partial charge on any atom is 0.101 e. The average molecular weight is 370 g/mol. The minimum Gasteiger partial charge on any atom is -0.310 e. The first-order valence-electron chi connectivity index (χ1n) is 6.52. The smallest absolute Gasteiger partial charge is 0.101 e. The number of rotatable bonds is 5. The van der Waals surface area contributed by atoms with Gasteiger partial charge in [0.05, 0.1) is 0 Å². The standard InChI is InChI=1S/C15H14BrClN2S/c16-11-2-6-15(19-9-11)20-13-5-1-10(14(17)7-13)8-18-12-3-4-12/h1-2,5-7,9,12,18H,3-4,8H2. The molecule has 0 unspecified atom stereocenters. The SMILES string of the molecule is Clc1cc(Sc2ccc(Br)cn2)ccc1CNC1CC1. The fraction of sp³-hybridized carbons (Fsp3) is 0.267. The van der Waals surface area contributed by atoms with Gasteiger partial charge in [-0.25, -0.2) is 4.98 Å². The zero-order valence-corrected chi connectivity index (χ0v) is 13.9. The highest BCUT2D eigenvalue weighted by molar-refractivity contribution is 9.10. The molecule has 1 aliphatic rings. The van der Waals surface area contributed by atoms with Crippen molar-refractivity contribution in [3.8, 4) is 0 Å². The summed E-state index contributed by atoms with van der Waals surface area (Å²) in [7, 11) is 0. The molecule has 1 N–H and O–H groups in total. The van der Waals surface area contributed by atoms with Gasteiger partial charge >= 0.3 is 0 Å². The monoisotopic (exact) mass is 368 g/mol. The second-order valence-electron chi connectivity index (χ2n) is 4.83. The van der Waals surface area contributed by atoms with Gasteiger partial charge in [-0.1, -0.05) is 29.4 Å². The van der Waals surface area contributed by atoms with Gasteiger partial charge in [-0.05, 0) is 58.6 Å². The molecule has 0 saturated heterocycles. The van der Waals surface area contributed by atoms with Gasteiger partial charge in [0.15, 0.2) is 0 Å². The predicted molar refractivity (Wildman–Crippen MR) is 87.4 cm³/mol. The normalized spacial score (nSPS) is 14.5. The summed E-state index contributed by atoms with van der Waals surface area (Å²) in [4.78, 5) is 5.47. The maximum absolute atomic E-state index is 6.34. The number of aromatic nitrogens is 1. The summed E-state index contributed by atoms with van der Waals surface area (Å²) >= 11 is 11.3. The van der Waals surface area contributed by atoms with Gasteiger partial charge in [-0.2, -0.15) is 0 Å². The molecule has 20 heavy (non-hydrogen) atoms. The van der Waals surface area contributed by atoms with Crippen molar-refractivity contribution in [3.05, 3.63) is 51.6 Å². The summed E-state index contributed by atoms with van der Waals surface area (Å²) < 4.78 is 0.987. The van der Waals surface area contributed by atoms with Crippen molar-refractivity contribution in [2.45, 2.75) is 35.3 Å². The van der Waals surface area contributed by atoms with Crippen molar-refractivity contribution < 1.29 is 0 Å². The Labute approximate surface area is 136 Å². The predicted octanol–water partition coefficient (Wildman–Crippen LogP) is 4.90. The molecule has 5 heteroatoms. The molecule has 1 heterocycles. The molecule has 1 aromatic carbocycles. The highest BCUT2D eigenvalue weighted by Crippen LogP contribution is 2.30. The van der Waals surface area contributed by atoms with E-state index in [1.807, 2.05) is 18.2 Å². The van der Waals surface area contributed by atoms with Crippen LogP contribution >= 0.6 is 39.3 Å². The van der Waals surface area contributed by atoms with E-state index in [2.05, 4.69) is 38.4 Å². The number of hydrogen-bond donors (Lipinski definition) is 1. The van der Waals surface area contributed by atoms with Gasteiger partial charge in [0.25, 0.3) is 0 Å². The Morgan fingerprint density at radius 1 is 1.30 bits per heavy atom. The summed E-state index contributed by atoms with van der Waals surface area (Å²) in [5.41, 5.74) is 1.16. The summed E-state index contributed by atoms with van der Waals surface area (Å²) in [5, 5.41) is 5.27. The molecule has 1 saturated carbocycles. The number of hydrogen-bond acceptors (Lipinski definition) is 3. The minimum atomic E-state index is 0.701. The van der Waals surface area contributed by atoms with Crippen LogP contribution in [-0.4, -0.2) is 11.0 Å². The van der Waals surface area contributed by atoms with E-state index in [-0.39, 0.29) is 0 Å². The fourth-order valence-electron chi connectivity index (χ4n) is 1.82. The average Bonchev–Trinajstić information content (AvgIpc) is 3.25.